The lowest BCUT2D eigenvalue weighted by Crippen LogP contribution is -2.12. The van der Waals surface area contributed by atoms with E-state index in [2.05, 4.69) is 16.6 Å². The first-order valence-corrected chi connectivity index (χ1v) is 5.75. The van der Waals surface area contributed by atoms with Crippen LogP contribution in [0.15, 0.2) is 23.3 Å². The van der Waals surface area contributed by atoms with Crippen molar-refractivity contribution >= 4 is 12.6 Å². The zero-order valence-corrected chi connectivity index (χ0v) is 9.85. The summed E-state index contributed by atoms with van der Waals surface area (Å²) in [5, 5.41) is 3.84. The smallest absolute Gasteiger partial charge is 0.227 e. The van der Waals surface area contributed by atoms with Crippen LogP contribution in [-0.2, 0) is 4.79 Å². The first-order chi connectivity index (χ1) is 8.35. The van der Waals surface area contributed by atoms with E-state index in [9.17, 15) is 4.79 Å². The molecule has 0 bridgehead atoms. The monoisotopic (exact) mass is 232 g/mol. The maximum Gasteiger partial charge on any atom is 0.227 e. The van der Waals surface area contributed by atoms with Gasteiger partial charge in [-0.1, -0.05) is 12.5 Å². The van der Waals surface area contributed by atoms with Crippen molar-refractivity contribution in [2.24, 2.45) is 5.10 Å². The topological polar surface area (TPSA) is 50.7 Å². The van der Waals surface area contributed by atoms with Gasteiger partial charge in [0.15, 0.2) is 0 Å². The van der Waals surface area contributed by atoms with Crippen molar-refractivity contribution in [3.63, 3.8) is 0 Å². The van der Waals surface area contributed by atoms with Crippen molar-refractivity contribution in [1.82, 2.24) is 5.43 Å². The molecule has 4 nitrogen and oxygen atoms in total. The molecule has 0 heterocycles. The summed E-state index contributed by atoms with van der Waals surface area (Å²) in [5.74, 6) is 1.43. The molecule has 2 rings (SSSR count). The molecule has 0 atom stereocenters. The van der Waals surface area contributed by atoms with Crippen LogP contribution in [0.1, 0.15) is 36.3 Å². The van der Waals surface area contributed by atoms with E-state index in [0.717, 1.165) is 11.3 Å². The Balaban J connectivity index is 2.26. The molecule has 0 spiro atoms. The molecule has 0 unspecified atom stereocenters. The third-order valence-corrected chi connectivity index (χ3v) is 3.17. The second kappa shape index (κ2) is 5.48. The van der Waals surface area contributed by atoms with E-state index < -0.39 is 0 Å². The number of hydrogen-bond donors (Lipinski definition) is 1. The standard InChI is InChI=1S/C13H16N2O2/c1-17-12-5-6-13(10-3-2-4-10)11(7-12)8-14-15-9-16/h5-10H,2-4H2,1H3,(H,15,16)/b14-8+. The molecule has 0 aliphatic heterocycles. The highest BCUT2D eigenvalue weighted by atomic mass is 16.5. The van der Waals surface area contributed by atoms with Gasteiger partial charge in [0.05, 0.1) is 13.3 Å². The summed E-state index contributed by atoms with van der Waals surface area (Å²) in [7, 11) is 1.64. The van der Waals surface area contributed by atoms with Gasteiger partial charge in [-0.25, -0.2) is 5.43 Å². The molecular weight excluding hydrogens is 216 g/mol. The van der Waals surface area contributed by atoms with Crippen LogP contribution in [0, 0.1) is 0 Å². The predicted molar refractivity (Wildman–Crippen MR) is 66.4 cm³/mol. The molecule has 1 aliphatic rings. The summed E-state index contributed by atoms with van der Waals surface area (Å²) in [5.41, 5.74) is 4.59. The number of methoxy groups -OCH3 is 1. The van der Waals surface area contributed by atoms with E-state index in [1.165, 1.54) is 24.8 Å². The Morgan fingerprint density at radius 3 is 2.88 bits per heavy atom. The number of hydrazone groups is 1. The van der Waals surface area contributed by atoms with Gasteiger partial charge in [-0.3, -0.25) is 4.79 Å². The Morgan fingerprint density at radius 2 is 2.29 bits per heavy atom. The summed E-state index contributed by atoms with van der Waals surface area (Å²) in [6.45, 7) is 0. The van der Waals surface area contributed by atoms with Crippen LogP contribution >= 0.6 is 0 Å². The summed E-state index contributed by atoms with van der Waals surface area (Å²) >= 11 is 0. The molecule has 1 N–H and O–H groups in total. The van der Waals surface area contributed by atoms with Gasteiger partial charge in [0.2, 0.25) is 6.41 Å². The van der Waals surface area contributed by atoms with Crippen LogP contribution in [-0.4, -0.2) is 19.7 Å². The van der Waals surface area contributed by atoms with Gasteiger partial charge >= 0.3 is 0 Å². The van der Waals surface area contributed by atoms with Gasteiger partial charge < -0.3 is 4.74 Å². The molecule has 17 heavy (non-hydrogen) atoms. The average Bonchev–Trinajstić information content (AvgIpc) is 2.29. The van der Waals surface area contributed by atoms with E-state index in [1.807, 2.05) is 12.1 Å². The summed E-state index contributed by atoms with van der Waals surface area (Å²) in [4.78, 5) is 10.2. The van der Waals surface area contributed by atoms with Gasteiger partial charge in [-0.2, -0.15) is 5.10 Å². The third-order valence-electron chi connectivity index (χ3n) is 3.17. The van der Waals surface area contributed by atoms with Crippen LogP contribution < -0.4 is 10.2 Å². The lowest BCUT2D eigenvalue weighted by atomic mass is 9.78. The fraction of sp³-hybridized carbons (Fsp3) is 0.385. The summed E-state index contributed by atoms with van der Waals surface area (Å²) < 4.78 is 5.20. The second-order valence-electron chi connectivity index (χ2n) is 4.13. The van der Waals surface area contributed by atoms with E-state index in [1.54, 1.807) is 13.3 Å². The fourth-order valence-corrected chi connectivity index (χ4v) is 2.02. The number of hydrogen-bond acceptors (Lipinski definition) is 3. The average molecular weight is 232 g/mol. The molecule has 1 fully saturated rings. The van der Waals surface area contributed by atoms with Gasteiger partial charge in [-0.15, -0.1) is 0 Å². The Labute approximate surface area is 101 Å². The number of nitrogens with one attached hydrogen (secondary N) is 1. The lowest BCUT2D eigenvalue weighted by molar-refractivity contribution is -0.109. The van der Waals surface area contributed by atoms with Gasteiger partial charge in [0.25, 0.3) is 0 Å². The molecular formula is C13H16N2O2. The number of benzene rings is 1. The highest BCUT2D eigenvalue weighted by Crippen LogP contribution is 2.38. The largest absolute Gasteiger partial charge is 0.497 e. The molecule has 0 aromatic heterocycles. The minimum absolute atomic E-state index is 0.555. The van der Waals surface area contributed by atoms with Crippen molar-refractivity contribution in [2.45, 2.75) is 25.2 Å². The van der Waals surface area contributed by atoms with Gasteiger partial charge in [0, 0.05) is 5.56 Å². The minimum atomic E-state index is 0.555. The molecule has 1 aromatic rings. The van der Waals surface area contributed by atoms with Crippen LogP contribution in [0.2, 0.25) is 0 Å². The van der Waals surface area contributed by atoms with Crippen molar-refractivity contribution in [1.29, 1.82) is 0 Å². The quantitative estimate of drug-likeness (QED) is 0.480. The molecule has 1 aromatic carbocycles. The summed E-state index contributed by atoms with van der Waals surface area (Å²) in [6.07, 6.45) is 5.98. The highest BCUT2D eigenvalue weighted by molar-refractivity contribution is 5.83. The minimum Gasteiger partial charge on any atom is -0.497 e. The van der Waals surface area contributed by atoms with Crippen molar-refractivity contribution < 1.29 is 9.53 Å². The van der Waals surface area contributed by atoms with E-state index in [-0.39, 0.29) is 0 Å². The Bertz CT molecular complexity index is 425. The van der Waals surface area contributed by atoms with E-state index in [4.69, 9.17) is 4.74 Å². The maximum absolute atomic E-state index is 10.2. The molecule has 0 saturated heterocycles. The molecule has 1 saturated carbocycles. The number of amides is 1. The first-order valence-electron chi connectivity index (χ1n) is 5.75. The molecule has 1 aliphatic carbocycles. The van der Waals surface area contributed by atoms with Crippen LogP contribution in [0.25, 0.3) is 0 Å². The molecule has 90 valence electrons. The van der Waals surface area contributed by atoms with E-state index in [0.29, 0.717) is 12.3 Å². The van der Waals surface area contributed by atoms with Crippen molar-refractivity contribution in [3.05, 3.63) is 29.3 Å². The lowest BCUT2D eigenvalue weighted by Gasteiger charge is -2.27. The van der Waals surface area contributed by atoms with Crippen LogP contribution in [0.4, 0.5) is 0 Å². The number of ether oxygens (including phenoxy) is 1. The molecule has 1 amide bonds. The third kappa shape index (κ3) is 2.64. The van der Waals surface area contributed by atoms with Crippen LogP contribution in [0.5, 0.6) is 5.75 Å². The maximum atomic E-state index is 10.2. The van der Waals surface area contributed by atoms with E-state index >= 15 is 0 Å². The first kappa shape index (κ1) is 11.6. The van der Waals surface area contributed by atoms with Gasteiger partial charge in [-0.05, 0) is 36.5 Å². The Morgan fingerprint density at radius 1 is 1.47 bits per heavy atom. The number of carbonyl (C=O) groups excluding carboxylic acids is 1. The Hall–Kier alpha value is -1.84. The van der Waals surface area contributed by atoms with Crippen LogP contribution in [0.3, 0.4) is 0 Å². The predicted octanol–water partition coefficient (Wildman–Crippen LogP) is 2.04. The number of nitrogens with zero attached hydrogens (tertiary/aromatic N) is 1. The second-order valence-corrected chi connectivity index (χ2v) is 4.13. The van der Waals surface area contributed by atoms with Crippen molar-refractivity contribution in [3.8, 4) is 5.75 Å². The SMILES string of the molecule is COc1ccc(C2CCC2)c(/C=N/NC=O)c1. The molecule has 0 radical (unpaired) electrons. The fourth-order valence-electron chi connectivity index (χ4n) is 2.02. The van der Waals surface area contributed by atoms with Crippen molar-refractivity contribution in [2.75, 3.05) is 7.11 Å². The zero-order chi connectivity index (χ0) is 12.1. The normalized spacial score (nSPS) is 15.6. The summed E-state index contributed by atoms with van der Waals surface area (Å²) in [6, 6.07) is 6.01. The zero-order valence-electron chi connectivity index (χ0n) is 9.85. The number of carbonyl (C=O) groups is 1. The Kier molecular flexibility index (Phi) is 3.75. The highest BCUT2D eigenvalue weighted by Gasteiger charge is 2.21. The van der Waals surface area contributed by atoms with Gasteiger partial charge in [0.1, 0.15) is 5.75 Å². The number of rotatable bonds is 5. The molecule has 4 heteroatoms.